The van der Waals surface area contributed by atoms with E-state index in [-0.39, 0.29) is 23.4 Å². The van der Waals surface area contributed by atoms with Crippen molar-refractivity contribution in [3.05, 3.63) is 28.0 Å². The molecule has 2 N–H and O–H groups in total. The lowest BCUT2D eigenvalue weighted by Crippen LogP contribution is -2.41. The number of rotatable bonds is 4. The number of hydrogen-bond acceptors (Lipinski definition) is 2. The van der Waals surface area contributed by atoms with Gasteiger partial charge in [-0.1, -0.05) is 0 Å². The molecular weight excluding hydrogens is 379 g/mol. The molecule has 2 nitrogen and oxygen atoms in total. The molecule has 0 radical (unpaired) electrons. The normalized spacial score (nSPS) is 12.0. The average molecular weight is 389 g/mol. The van der Waals surface area contributed by atoms with Crippen LogP contribution >= 0.6 is 28.3 Å². The summed E-state index contributed by atoms with van der Waals surface area (Å²) < 4.78 is 78.5. The SMILES string of the molecule is Cl.NCc1cc(F)c(OCC(F)(F)C(F)(F)F)c(Br)c1. The average Bonchev–Trinajstić information content (AvgIpc) is 2.25. The highest BCUT2D eigenvalue weighted by Crippen LogP contribution is 2.37. The Balaban J connectivity index is 0.00000361. The van der Waals surface area contributed by atoms with Crippen molar-refractivity contribution in [2.75, 3.05) is 6.61 Å². The van der Waals surface area contributed by atoms with E-state index in [2.05, 4.69) is 20.7 Å². The van der Waals surface area contributed by atoms with Crippen molar-refractivity contribution >= 4 is 28.3 Å². The molecule has 0 aromatic heterocycles. The summed E-state index contributed by atoms with van der Waals surface area (Å²) in [5.74, 6) is -6.86. The van der Waals surface area contributed by atoms with Crippen LogP contribution < -0.4 is 10.5 Å². The monoisotopic (exact) mass is 387 g/mol. The predicted octanol–water partition coefficient (Wildman–Crippen LogP) is 4.05. The van der Waals surface area contributed by atoms with E-state index in [1.54, 1.807) is 0 Å². The van der Waals surface area contributed by atoms with Gasteiger partial charge in [-0.05, 0) is 33.6 Å². The molecule has 1 aromatic rings. The summed E-state index contributed by atoms with van der Waals surface area (Å²) in [6, 6.07) is 2.16. The fourth-order valence-electron chi connectivity index (χ4n) is 1.11. The second-order valence-corrected chi connectivity index (χ2v) is 4.44. The van der Waals surface area contributed by atoms with Crippen LogP contribution in [0.2, 0.25) is 0 Å². The molecule has 0 amide bonds. The van der Waals surface area contributed by atoms with Crippen molar-refractivity contribution in [3.8, 4) is 5.75 Å². The van der Waals surface area contributed by atoms with Crippen LogP contribution in [0.4, 0.5) is 26.3 Å². The second kappa shape index (κ2) is 6.86. The lowest BCUT2D eigenvalue weighted by Gasteiger charge is -2.20. The summed E-state index contributed by atoms with van der Waals surface area (Å²) in [5.41, 5.74) is 5.57. The quantitative estimate of drug-likeness (QED) is 0.790. The lowest BCUT2D eigenvalue weighted by molar-refractivity contribution is -0.290. The van der Waals surface area contributed by atoms with E-state index in [9.17, 15) is 26.3 Å². The lowest BCUT2D eigenvalue weighted by atomic mass is 10.2. The van der Waals surface area contributed by atoms with Gasteiger partial charge < -0.3 is 10.5 Å². The molecule has 0 aliphatic heterocycles. The third-order valence-corrected chi connectivity index (χ3v) is 2.70. The Morgan fingerprint density at radius 3 is 2.10 bits per heavy atom. The first-order valence-electron chi connectivity index (χ1n) is 4.84. The van der Waals surface area contributed by atoms with E-state index < -0.39 is 30.3 Å². The molecule has 0 fully saturated rings. The molecule has 20 heavy (non-hydrogen) atoms. The van der Waals surface area contributed by atoms with E-state index >= 15 is 0 Å². The van der Waals surface area contributed by atoms with E-state index in [0.29, 0.717) is 5.56 Å². The molecule has 1 aromatic carbocycles. The van der Waals surface area contributed by atoms with Crippen LogP contribution in [0, 0.1) is 5.82 Å². The van der Waals surface area contributed by atoms with Crippen molar-refractivity contribution in [2.45, 2.75) is 18.6 Å². The van der Waals surface area contributed by atoms with Crippen LogP contribution in [-0.2, 0) is 6.54 Å². The maximum absolute atomic E-state index is 13.4. The van der Waals surface area contributed by atoms with Gasteiger partial charge in [0, 0.05) is 6.54 Å². The van der Waals surface area contributed by atoms with Gasteiger partial charge >= 0.3 is 12.1 Å². The van der Waals surface area contributed by atoms with Crippen LogP contribution in [-0.4, -0.2) is 18.7 Å². The van der Waals surface area contributed by atoms with Gasteiger partial charge in [0.05, 0.1) is 4.47 Å². The zero-order chi connectivity index (χ0) is 14.8. The van der Waals surface area contributed by atoms with Gasteiger partial charge in [-0.15, -0.1) is 12.4 Å². The van der Waals surface area contributed by atoms with Crippen molar-refractivity contribution < 1.29 is 31.1 Å². The Hall–Kier alpha value is -0.670. The van der Waals surface area contributed by atoms with Crippen molar-refractivity contribution in [1.29, 1.82) is 0 Å². The van der Waals surface area contributed by atoms with Crippen LogP contribution in [0.15, 0.2) is 16.6 Å². The molecule has 116 valence electrons. The molecule has 0 aliphatic rings. The van der Waals surface area contributed by atoms with Gasteiger partial charge in [0.1, 0.15) is 0 Å². The molecule has 0 bridgehead atoms. The molecule has 1 rings (SSSR count). The molecule has 0 aliphatic carbocycles. The fraction of sp³-hybridized carbons (Fsp3) is 0.400. The number of ether oxygens (including phenoxy) is 1. The van der Waals surface area contributed by atoms with Crippen LogP contribution in [0.3, 0.4) is 0 Å². The number of halogens is 8. The second-order valence-electron chi connectivity index (χ2n) is 3.58. The summed E-state index contributed by atoms with van der Waals surface area (Å²) in [4.78, 5) is 0. The van der Waals surface area contributed by atoms with E-state index in [4.69, 9.17) is 5.73 Å². The molecule has 0 heterocycles. The van der Waals surface area contributed by atoms with Gasteiger partial charge in [0.15, 0.2) is 18.2 Å². The highest BCUT2D eigenvalue weighted by atomic mass is 79.9. The van der Waals surface area contributed by atoms with E-state index in [1.165, 1.54) is 6.07 Å². The van der Waals surface area contributed by atoms with Gasteiger partial charge in [-0.25, -0.2) is 4.39 Å². The van der Waals surface area contributed by atoms with Gasteiger partial charge in [0.2, 0.25) is 0 Å². The van der Waals surface area contributed by atoms with E-state index in [0.717, 1.165) is 6.07 Å². The van der Waals surface area contributed by atoms with Crippen molar-refractivity contribution in [2.24, 2.45) is 5.73 Å². The minimum absolute atomic E-state index is 0. The third-order valence-electron chi connectivity index (χ3n) is 2.11. The zero-order valence-corrected chi connectivity index (χ0v) is 12.0. The van der Waals surface area contributed by atoms with Gasteiger partial charge in [-0.3, -0.25) is 0 Å². The zero-order valence-electron chi connectivity index (χ0n) is 9.61. The smallest absolute Gasteiger partial charge is 0.456 e. The highest BCUT2D eigenvalue weighted by molar-refractivity contribution is 9.10. The topological polar surface area (TPSA) is 35.2 Å². The minimum Gasteiger partial charge on any atom is -0.483 e. The molecule has 0 saturated carbocycles. The maximum Gasteiger partial charge on any atom is 0.456 e. The summed E-state index contributed by atoms with van der Waals surface area (Å²) in [7, 11) is 0. The minimum atomic E-state index is -5.76. The first-order valence-corrected chi connectivity index (χ1v) is 5.63. The summed E-state index contributed by atoms with van der Waals surface area (Å²) in [5, 5.41) is 0. The third kappa shape index (κ3) is 4.42. The van der Waals surface area contributed by atoms with Gasteiger partial charge in [-0.2, -0.15) is 22.0 Å². The summed E-state index contributed by atoms with van der Waals surface area (Å²) >= 11 is 2.81. The Morgan fingerprint density at radius 1 is 1.15 bits per heavy atom. The number of hydrogen-bond donors (Lipinski definition) is 1. The van der Waals surface area contributed by atoms with Crippen molar-refractivity contribution in [3.63, 3.8) is 0 Å². The summed E-state index contributed by atoms with van der Waals surface area (Å²) in [6.45, 7) is -2.03. The predicted molar refractivity (Wildman–Crippen MR) is 65.7 cm³/mol. The Bertz CT molecular complexity index is 445. The molecule has 0 spiro atoms. The van der Waals surface area contributed by atoms with Crippen LogP contribution in [0.25, 0.3) is 0 Å². The first kappa shape index (κ1) is 19.3. The standard InChI is InChI=1S/C10H8BrF6NO.ClH/c11-6-1-5(3-18)2-7(12)8(6)19-4-9(13,14)10(15,16)17;/h1-2H,3-4,18H2;1H. The maximum atomic E-state index is 13.4. The molecule has 0 saturated heterocycles. The molecule has 10 heteroatoms. The van der Waals surface area contributed by atoms with Crippen LogP contribution in [0.5, 0.6) is 5.75 Å². The summed E-state index contributed by atoms with van der Waals surface area (Å²) in [6.07, 6.45) is -5.76. The Morgan fingerprint density at radius 2 is 1.70 bits per heavy atom. The number of benzene rings is 1. The Labute approximate surface area is 124 Å². The molecule has 0 unspecified atom stereocenters. The first-order chi connectivity index (χ1) is 8.58. The van der Waals surface area contributed by atoms with Gasteiger partial charge in [0.25, 0.3) is 0 Å². The van der Waals surface area contributed by atoms with Crippen LogP contribution in [0.1, 0.15) is 5.56 Å². The Kier molecular flexibility index (Phi) is 6.63. The highest BCUT2D eigenvalue weighted by Gasteiger charge is 2.58. The fourth-order valence-corrected chi connectivity index (χ4v) is 1.71. The molecular formula is C10H9BrClF6NO. The number of nitrogens with two attached hydrogens (primary N) is 1. The molecule has 0 atom stereocenters. The van der Waals surface area contributed by atoms with Crippen molar-refractivity contribution in [1.82, 2.24) is 0 Å². The largest absolute Gasteiger partial charge is 0.483 e. The van der Waals surface area contributed by atoms with E-state index in [1.807, 2.05) is 0 Å². The number of alkyl halides is 5.